The van der Waals surface area contributed by atoms with Crippen LogP contribution in [0.25, 0.3) is 0 Å². The van der Waals surface area contributed by atoms with Gasteiger partial charge in [0, 0.05) is 6.42 Å². The Morgan fingerprint density at radius 2 is 1.09 bits per heavy atom. The smallest absolute Gasteiger partial charge is 0.303 e. The maximum Gasteiger partial charge on any atom is 0.303 e. The lowest BCUT2D eigenvalue weighted by atomic mass is 10.1. The zero-order valence-electron chi connectivity index (χ0n) is 14.6. The lowest BCUT2D eigenvalue weighted by molar-refractivity contribution is -0.137. The fourth-order valence-corrected chi connectivity index (χ4v) is 2.41. The molecule has 0 rings (SSSR count). The minimum Gasteiger partial charge on any atom is -0.481 e. The molecule has 0 aromatic rings. The quantitative estimate of drug-likeness (QED) is 0.255. The molecule has 22 heavy (non-hydrogen) atoms. The molecule has 0 atom stereocenters. The highest BCUT2D eigenvalue weighted by molar-refractivity contribution is 5.66. The number of carboxylic acid groups (broad SMARTS) is 1. The number of aliphatic carboxylic acids is 1. The van der Waals surface area contributed by atoms with E-state index in [1.165, 1.54) is 64.2 Å². The molecule has 0 amide bonds. The number of allylic oxidation sites excluding steroid dienone is 4. The summed E-state index contributed by atoms with van der Waals surface area (Å²) >= 11 is 0. The van der Waals surface area contributed by atoms with Gasteiger partial charge in [-0.25, -0.2) is 0 Å². The maximum atomic E-state index is 10.3. The van der Waals surface area contributed by atoms with Gasteiger partial charge in [-0.05, 0) is 51.4 Å². The molecule has 0 fully saturated rings. The predicted octanol–water partition coefficient (Wildman–Crippen LogP) is 6.66. The molecule has 0 saturated carbocycles. The maximum absolute atomic E-state index is 10.3. The van der Waals surface area contributed by atoms with Gasteiger partial charge in [0.25, 0.3) is 0 Å². The van der Waals surface area contributed by atoms with E-state index < -0.39 is 5.97 Å². The molecule has 0 aromatic carbocycles. The number of carbonyl (C=O) groups is 1. The van der Waals surface area contributed by atoms with Crippen molar-refractivity contribution in [2.24, 2.45) is 0 Å². The van der Waals surface area contributed by atoms with Crippen molar-refractivity contribution < 1.29 is 9.90 Å². The molecule has 2 nitrogen and oxygen atoms in total. The Bertz CT molecular complexity index is 292. The van der Waals surface area contributed by atoms with Gasteiger partial charge < -0.3 is 5.11 Å². The van der Waals surface area contributed by atoms with E-state index in [2.05, 4.69) is 31.2 Å². The highest BCUT2D eigenvalue weighted by Gasteiger charge is 1.93. The Hall–Kier alpha value is -1.05. The van der Waals surface area contributed by atoms with Gasteiger partial charge in [-0.3, -0.25) is 4.79 Å². The number of hydrogen-bond acceptors (Lipinski definition) is 1. The van der Waals surface area contributed by atoms with Crippen LogP contribution in [0.2, 0.25) is 0 Å². The van der Waals surface area contributed by atoms with Gasteiger partial charge in [-0.1, -0.05) is 63.3 Å². The van der Waals surface area contributed by atoms with Crippen LogP contribution in [-0.4, -0.2) is 11.1 Å². The van der Waals surface area contributed by atoms with Crippen molar-refractivity contribution in [3.8, 4) is 0 Å². The second-order valence-electron chi connectivity index (χ2n) is 6.07. The van der Waals surface area contributed by atoms with Crippen LogP contribution < -0.4 is 0 Å². The second-order valence-corrected chi connectivity index (χ2v) is 6.07. The zero-order chi connectivity index (χ0) is 16.3. The number of carboxylic acids is 1. The molecule has 0 aliphatic rings. The lowest BCUT2D eigenvalue weighted by Crippen LogP contribution is -1.92. The Labute approximate surface area is 137 Å². The Kier molecular flexibility index (Phi) is 17.1. The van der Waals surface area contributed by atoms with E-state index in [0.717, 1.165) is 19.3 Å². The van der Waals surface area contributed by atoms with Crippen molar-refractivity contribution in [1.82, 2.24) is 0 Å². The molecule has 128 valence electrons. The normalized spacial score (nSPS) is 11.7. The topological polar surface area (TPSA) is 37.3 Å². The van der Waals surface area contributed by atoms with Gasteiger partial charge in [-0.15, -0.1) is 0 Å². The van der Waals surface area contributed by atoms with E-state index in [1.54, 1.807) is 0 Å². The SMILES string of the molecule is CCCCCCCCC=CCCCCC=CCCCC(=O)O. The second kappa shape index (κ2) is 18.0. The van der Waals surface area contributed by atoms with Crippen molar-refractivity contribution in [2.75, 3.05) is 0 Å². The fourth-order valence-electron chi connectivity index (χ4n) is 2.41. The molecule has 1 N–H and O–H groups in total. The van der Waals surface area contributed by atoms with E-state index in [0.29, 0.717) is 0 Å². The summed E-state index contributed by atoms with van der Waals surface area (Å²) in [6, 6.07) is 0. The zero-order valence-corrected chi connectivity index (χ0v) is 14.6. The predicted molar refractivity (Wildman–Crippen MR) is 96.2 cm³/mol. The van der Waals surface area contributed by atoms with Crippen molar-refractivity contribution in [1.29, 1.82) is 0 Å². The number of unbranched alkanes of at least 4 members (excludes halogenated alkanes) is 10. The van der Waals surface area contributed by atoms with Gasteiger partial charge >= 0.3 is 5.97 Å². The van der Waals surface area contributed by atoms with Gasteiger partial charge in [-0.2, -0.15) is 0 Å². The molecule has 0 radical (unpaired) electrons. The van der Waals surface area contributed by atoms with Crippen LogP contribution in [0.5, 0.6) is 0 Å². The van der Waals surface area contributed by atoms with Crippen molar-refractivity contribution in [2.45, 2.75) is 96.8 Å². The molecular weight excluding hydrogens is 272 g/mol. The van der Waals surface area contributed by atoms with Crippen LogP contribution in [0.4, 0.5) is 0 Å². The Balaban J connectivity index is 3.17. The molecule has 0 spiro atoms. The first-order valence-electron chi connectivity index (χ1n) is 9.29. The van der Waals surface area contributed by atoms with E-state index in [4.69, 9.17) is 5.11 Å². The molecule has 2 heteroatoms. The summed E-state index contributed by atoms with van der Waals surface area (Å²) in [4.78, 5) is 10.3. The molecule has 0 heterocycles. The minimum atomic E-state index is -0.693. The van der Waals surface area contributed by atoms with Crippen LogP contribution in [0.1, 0.15) is 96.8 Å². The van der Waals surface area contributed by atoms with Crippen LogP contribution in [0.15, 0.2) is 24.3 Å². The molecular formula is C20H36O2. The Morgan fingerprint density at radius 1 is 0.682 bits per heavy atom. The highest BCUT2D eigenvalue weighted by Crippen LogP contribution is 2.08. The third-order valence-corrected chi connectivity index (χ3v) is 3.81. The first-order chi connectivity index (χ1) is 10.8. The first-order valence-corrected chi connectivity index (χ1v) is 9.29. The van der Waals surface area contributed by atoms with Crippen LogP contribution in [0.3, 0.4) is 0 Å². The largest absolute Gasteiger partial charge is 0.481 e. The fraction of sp³-hybridized carbons (Fsp3) is 0.750. The lowest BCUT2D eigenvalue weighted by Gasteiger charge is -1.98. The summed E-state index contributed by atoms with van der Waals surface area (Å²) in [5.74, 6) is -0.693. The number of hydrogen-bond donors (Lipinski definition) is 1. The first kappa shape index (κ1) is 20.9. The third-order valence-electron chi connectivity index (χ3n) is 3.81. The summed E-state index contributed by atoms with van der Waals surface area (Å²) in [7, 11) is 0. The minimum absolute atomic E-state index is 0.285. The van der Waals surface area contributed by atoms with Gasteiger partial charge in [0.15, 0.2) is 0 Å². The molecule has 0 aliphatic heterocycles. The van der Waals surface area contributed by atoms with Crippen LogP contribution in [0, 0.1) is 0 Å². The number of rotatable bonds is 16. The average molecular weight is 309 g/mol. The third kappa shape index (κ3) is 18.9. The summed E-state index contributed by atoms with van der Waals surface area (Å²) in [5, 5.41) is 8.51. The van der Waals surface area contributed by atoms with Gasteiger partial charge in [0.05, 0.1) is 0 Å². The highest BCUT2D eigenvalue weighted by atomic mass is 16.4. The van der Waals surface area contributed by atoms with Crippen LogP contribution in [-0.2, 0) is 4.79 Å². The summed E-state index contributed by atoms with van der Waals surface area (Å²) in [5.41, 5.74) is 0. The van der Waals surface area contributed by atoms with Crippen molar-refractivity contribution in [3.63, 3.8) is 0 Å². The van der Waals surface area contributed by atoms with Crippen LogP contribution >= 0.6 is 0 Å². The Morgan fingerprint density at radius 3 is 1.59 bits per heavy atom. The van der Waals surface area contributed by atoms with Crippen molar-refractivity contribution in [3.05, 3.63) is 24.3 Å². The average Bonchev–Trinajstić information content (AvgIpc) is 2.50. The van der Waals surface area contributed by atoms with Gasteiger partial charge in [0.2, 0.25) is 0 Å². The van der Waals surface area contributed by atoms with E-state index in [9.17, 15) is 4.79 Å². The van der Waals surface area contributed by atoms with E-state index in [-0.39, 0.29) is 6.42 Å². The molecule has 0 saturated heterocycles. The molecule has 0 aromatic heterocycles. The summed E-state index contributed by atoms with van der Waals surface area (Å²) < 4.78 is 0. The molecule has 0 unspecified atom stereocenters. The van der Waals surface area contributed by atoms with E-state index >= 15 is 0 Å². The summed E-state index contributed by atoms with van der Waals surface area (Å²) in [6.07, 6.45) is 25.3. The van der Waals surface area contributed by atoms with Crippen molar-refractivity contribution >= 4 is 5.97 Å². The summed E-state index contributed by atoms with van der Waals surface area (Å²) in [6.45, 7) is 2.26. The monoisotopic (exact) mass is 308 g/mol. The molecule has 0 bridgehead atoms. The molecule has 0 aliphatic carbocycles. The van der Waals surface area contributed by atoms with Gasteiger partial charge in [0.1, 0.15) is 0 Å². The standard InChI is InChI=1S/C20H36O2/c1-2-3-4-5-6-7-8-9-10-11-12-13-14-15-16-17-18-19-20(21)22/h9-10,15-16H,2-8,11-14,17-19H2,1H3,(H,21,22). The van der Waals surface area contributed by atoms with E-state index in [1.807, 2.05) is 0 Å².